The third-order valence-corrected chi connectivity index (χ3v) is 12.2. The second-order valence-electron chi connectivity index (χ2n) is 18.8. The van der Waals surface area contributed by atoms with Crippen LogP contribution < -0.4 is 21.3 Å². The van der Waals surface area contributed by atoms with E-state index < -0.39 is 47.3 Å². The van der Waals surface area contributed by atoms with Crippen molar-refractivity contribution in [3.63, 3.8) is 0 Å². The number of carbonyl (C=O) groups excluding carboxylic acids is 5. The summed E-state index contributed by atoms with van der Waals surface area (Å²) in [6.07, 6.45) is 15.8. The van der Waals surface area contributed by atoms with Crippen LogP contribution in [0.25, 0.3) is 0 Å². The van der Waals surface area contributed by atoms with Crippen LogP contribution in [0.15, 0.2) is 60.7 Å². The minimum Gasteiger partial charge on any atom is -0.344 e. The number of Topliss-reactive ketones (excluding diaryl/α,β-unsaturated/α-hetero) is 1. The molecule has 0 bridgehead atoms. The number of hydrogen-bond acceptors (Lipinski definition) is 6. The van der Waals surface area contributed by atoms with Crippen molar-refractivity contribution in [2.45, 2.75) is 174 Å². The highest BCUT2D eigenvalue weighted by molar-refractivity contribution is 5.97. The average Bonchev–Trinajstić information content (AvgIpc) is 3.99. The molecule has 1 aliphatic heterocycles. The van der Waals surface area contributed by atoms with E-state index in [0.29, 0.717) is 32.1 Å². The first-order chi connectivity index (χ1) is 28.8. The summed E-state index contributed by atoms with van der Waals surface area (Å²) in [7, 11) is 0. The fourth-order valence-electron chi connectivity index (χ4n) is 8.32. The van der Waals surface area contributed by atoms with E-state index >= 15 is 0 Å². The minimum atomic E-state index is -0.978. The molecule has 1 saturated heterocycles. The smallest absolute Gasteiger partial charge is 0.243 e. The molecule has 2 aliphatic rings. The van der Waals surface area contributed by atoms with Gasteiger partial charge in [-0.3, -0.25) is 24.0 Å². The summed E-state index contributed by atoms with van der Waals surface area (Å²) in [4.78, 5) is 71.8. The first-order valence-corrected chi connectivity index (χ1v) is 23.4. The number of nitrogens with one attached hydrogen (secondary N) is 4. The fourth-order valence-corrected chi connectivity index (χ4v) is 8.32. The maximum Gasteiger partial charge on any atom is 0.243 e. The van der Waals surface area contributed by atoms with Crippen molar-refractivity contribution in [2.75, 3.05) is 19.6 Å². The predicted molar refractivity (Wildman–Crippen MR) is 241 cm³/mol. The van der Waals surface area contributed by atoms with E-state index in [1.807, 2.05) is 95.3 Å². The van der Waals surface area contributed by atoms with Crippen LogP contribution in [0.5, 0.6) is 0 Å². The highest BCUT2D eigenvalue weighted by Crippen LogP contribution is 2.47. The quantitative estimate of drug-likeness (QED) is 0.0645. The third kappa shape index (κ3) is 17.9. The van der Waals surface area contributed by atoms with Gasteiger partial charge in [0.05, 0.1) is 6.04 Å². The van der Waals surface area contributed by atoms with Crippen LogP contribution in [-0.2, 0) is 36.8 Å². The summed E-state index contributed by atoms with van der Waals surface area (Å²) in [5, 5.41) is 12.0. The van der Waals surface area contributed by atoms with Gasteiger partial charge in [0.2, 0.25) is 23.6 Å². The van der Waals surface area contributed by atoms with Gasteiger partial charge in [-0.1, -0.05) is 134 Å². The van der Waals surface area contributed by atoms with Crippen molar-refractivity contribution >= 4 is 29.4 Å². The Balaban J connectivity index is 1.37. The molecule has 332 valence electrons. The first kappa shape index (κ1) is 48.6. The number of hydrogen-bond donors (Lipinski definition) is 4. The number of nitrogens with zero attached hydrogens (tertiary/aromatic N) is 1. The summed E-state index contributed by atoms with van der Waals surface area (Å²) in [6, 6.07) is 15.9. The normalized spacial score (nSPS) is 17.0. The first-order valence-electron chi connectivity index (χ1n) is 23.4. The molecule has 4 N–H and O–H groups in total. The molecule has 1 saturated carbocycles. The second-order valence-corrected chi connectivity index (χ2v) is 18.8. The monoisotopic (exact) mass is 828 g/mol. The zero-order valence-corrected chi connectivity index (χ0v) is 37.6. The molecular formula is C50H77N5O5. The van der Waals surface area contributed by atoms with Crippen molar-refractivity contribution in [2.24, 2.45) is 17.3 Å². The number of amides is 4. The van der Waals surface area contributed by atoms with Crippen LogP contribution in [0, 0.1) is 17.3 Å². The van der Waals surface area contributed by atoms with Gasteiger partial charge in [0.25, 0.3) is 0 Å². The lowest BCUT2D eigenvalue weighted by atomic mass is 9.91. The largest absolute Gasteiger partial charge is 0.344 e. The number of carbonyl (C=O) groups is 5. The van der Waals surface area contributed by atoms with E-state index in [2.05, 4.69) is 26.2 Å². The summed E-state index contributed by atoms with van der Waals surface area (Å²) < 4.78 is 0. The van der Waals surface area contributed by atoms with Crippen LogP contribution in [0.2, 0.25) is 0 Å². The zero-order valence-electron chi connectivity index (χ0n) is 37.6. The van der Waals surface area contributed by atoms with Crippen molar-refractivity contribution < 1.29 is 24.0 Å². The number of aryl methyl sites for hydroxylation is 1. The van der Waals surface area contributed by atoms with Crippen molar-refractivity contribution in [1.29, 1.82) is 0 Å². The lowest BCUT2D eigenvalue weighted by Gasteiger charge is -2.28. The van der Waals surface area contributed by atoms with Crippen LogP contribution in [0.3, 0.4) is 0 Å². The van der Waals surface area contributed by atoms with Crippen molar-refractivity contribution in [3.8, 4) is 0 Å². The van der Waals surface area contributed by atoms with Crippen LogP contribution in [-0.4, -0.2) is 78.1 Å². The Bertz CT molecular complexity index is 1610. The third-order valence-electron chi connectivity index (χ3n) is 12.2. The van der Waals surface area contributed by atoms with Crippen LogP contribution in [0.1, 0.15) is 148 Å². The lowest BCUT2D eigenvalue weighted by molar-refractivity contribution is -0.135. The van der Waals surface area contributed by atoms with Gasteiger partial charge in [0.15, 0.2) is 5.78 Å². The number of piperidine rings is 1. The van der Waals surface area contributed by atoms with E-state index in [9.17, 15) is 24.0 Å². The SMILES string of the molecule is CC(C)C[C@H](NC(=O)[C@H](CCc1ccccc1)NC(=O)CCCCCCCCCN1CCCCC1)C(=O)N[C@@H](Cc1ccccc1)C(=O)N[C@@H](CC(C)C)C(=O)C1(C)CC1. The molecule has 60 heavy (non-hydrogen) atoms. The molecule has 0 aromatic heterocycles. The molecule has 4 rings (SSSR count). The molecule has 0 unspecified atom stereocenters. The number of rotatable bonds is 28. The second kappa shape index (κ2) is 25.7. The summed E-state index contributed by atoms with van der Waals surface area (Å²) >= 11 is 0. The Morgan fingerprint density at radius 3 is 1.68 bits per heavy atom. The number of likely N-dealkylation sites (tertiary alicyclic amines) is 1. The van der Waals surface area contributed by atoms with E-state index in [0.717, 1.165) is 43.2 Å². The van der Waals surface area contributed by atoms with Gasteiger partial charge >= 0.3 is 0 Å². The fraction of sp³-hybridized carbons (Fsp3) is 0.660. The summed E-state index contributed by atoms with van der Waals surface area (Å²) in [5.41, 5.74) is 1.49. The molecular weight excluding hydrogens is 751 g/mol. The van der Waals surface area contributed by atoms with Crippen LogP contribution >= 0.6 is 0 Å². The van der Waals surface area contributed by atoms with E-state index in [-0.39, 0.29) is 29.9 Å². The maximum absolute atomic E-state index is 14.2. The molecule has 0 spiro atoms. The number of benzene rings is 2. The molecule has 1 heterocycles. The van der Waals surface area contributed by atoms with Gasteiger partial charge in [-0.25, -0.2) is 0 Å². The van der Waals surface area contributed by atoms with Gasteiger partial charge in [-0.15, -0.1) is 0 Å². The molecule has 2 aromatic rings. The minimum absolute atomic E-state index is 0.0387. The molecule has 10 heteroatoms. The average molecular weight is 828 g/mol. The van der Waals surface area contributed by atoms with Gasteiger partial charge in [0, 0.05) is 18.3 Å². The number of ketones is 1. The highest BCUT2D eigenvalue weighted by Gasteiger charge is 2.48. The maximum atomic E-state index is 14.2. The number of unbranched alkanes of at least 4 members (excludes halogenated alkanes) is 6. The Morgan fingerprint density at radius 1 is 0.583 bits per heavy atom. The van der Waals surface area contributed by atoms with Crippen molar-refractivity contribution in [1.82, 2.24) is 26.2 Å². The van der Waals surface area contributed by atoms with E-state index in [4.69, 9.17) is 0 Å². The molecule has 0 radical (unpaired) electrons. The molecule has 4 atom stereocenters. The lowest BCUT2D eigenvalue weighted by Crippen LogP contribution is -2.58. The Hall–Kier alpha value is -4.05. The Labute approximate surface area is 361 Å². The standard InChI is InChI=1S/C50H77N5O5/c1-37(2)34-42(46(57)50(5)29-30-50)52-49(60)44(36-40-24-16-12-17-25-40)54-48(59)43(35-38(3)4)53-47(58)41(28-27-39-22-14-11-15-23-39)51-45(56)26-18-9-7-6-8-10-19-31-55-32-20-13-21-33-55/h11-12,14-17,22-25,37-38,41-44H,6-10,13,18-21,26-36H2,1-5H3,(H,51,56)(H,52,60)(H,53,58)(H,54,59)/t41-,42-,43-,44-/m0/s1. The van der Waals surface area contributed by atoms with Gasteiger partial charge in [0.1, 0.15) is 18.1 Å². The van der Waals surface area contributed by atoms with Crippen molar-refractivity contribution in [3.05, 3.63) is 71.8 Å². The van der Waals surface area contributed by atoms with Gasteiger partial charge in [-0.2, -0.15) is 0 Å². The zero-order chi connectivity index (χ0) is 43.3. The Morgan fingerprint density at radius 2 is 1.08 bits per heavy atom. The summed E-state index contributed by atoms with van der Waals surface area (Å²) in [5.74, 6) is -1.23. The molecule has 4 amide bonds. The van der Waals surface area contributed by atoms with Crippen LogP contribution in [0.4, 0.5) is 0 Å². The van der Waals surface area contributed by atoms with Gasteiger partial charge < -0.3 is 26.2 Å². The highest BCUT2D eigenvalue weighted by atomic mass is 16.2. The molecule has 2 aromatic carbocycles. The molecule has 2 fully saturated rings. The Kier molecular flexibility index (Phi) is 20.8. The summed E-state index contributed by atoms with van der Waals surface area (Å²) in [6.45, 7) is 13.7. The van der Waals surface area contributed by atoms with E-state index in [1.54, 1.807) is 0 Å². The molecule has 1 aliphatic carbocycles. The topological polar surface area (TPSA) is 137 Å². The van der Waals surface area contributed by atoms with E-state index in [1.165, 1.54) is 64.6 Å². The predicted octanol–water partition coefficient (Wildman–Crippen LogP) is 7.87. The van der Waals surface area contributed by atoms with Gasteiger partial charge in [-0.05, 0) is 107 Å². The molecule has 10 nitrogen and oxygen atoms in total.